The van der Waals surface area contributed by atoms with Crippen molar-refractivity contribution < 1.29 is 0 Å². The number of thiocarbonyl (C=S) groups is 1. The van der Waals surface area contributed by atoms with Gasteiger partial charge < -0.3 is 10.6 Å². The third kappa shape index (κ3) is 10.2. The molecule has 0 radical (unpaired) electrons. The summed E-state index contributed by atoms with van der Waals surface area (Å²) in [6.45, 7) is 14.0. The molecule has 2 nitrogen and oxygen atoms in total. The van der Waals surface area contributed by atoms with Crippen molar-refractivity contribution in [3.05, 3.63) is 0 Å². The van der Waals surface area contributed by atoms with Crippen LogP contribution in [0.2, 0.25) is 39.3 Å². The van der Waals surface area contributed by atoms with E-state index in [2.05, 4.69) is 49.9 Å². The highest BCUT2D eigenvalue weighted by Gasteiger charge is 2.15. The topological polar surface area (TPSA) is 24.1 Å². The Morgan fingerprint density at radius 3 is 1.36 bits per heavy atom. The lowest BCUT2D eigenvalue weighted by Crippen LogP contribution is -2.48. The molecule has 0 aliphatic rings. The van der Waals surface area contributed by atoms with Crippen LogP contribution in [0.4, 0.5) is 0 Å². The molecule has 0 fully saturated rings. The van der Waals surface area contributed by atoms with E-state index in [1.807, 2.05) is 0 Å². The van der Waals surface area contributed by atoms with E-state index in [0.717, 1.165) is 17.4 Å². The van der Waals surface area contributed by atoms with Gasteiger partial charge in [-0.15, -0.1) is 0 Å². The Labute approximate surface area is 95.9 Å². The van der Waals surface area contributed by atoms with Gasteiger partial charge in [-0.3, -0.25) is 0 Å². The normalized spacial score (nSPS) is 12.4. The first-order valence-corrected chi connectivity index (χ1v) is 12.9. The van der Waals surface area contributed by atoms with Crippen LogP contribution in [0.3, 0.4) is 0 Å². The quantitative estimate of drug-likeness (QED) is 0.589. The SMILES string of the molecule is C[Si](C)(C)CNC(=S)NC[Si](C)(C)C. The molecular weight excluding hydrogens is 224 g/mol. The van der Waals surface area contributed by atoms with Crippen molar-refractivity contribution in [3.8, 4) is 0 Å². The van der Waals surface area contributed by atoms with Gasteiger partial charge in [0.05, 0.1) is 16.1 Å². The predicted octanol–water partition coefficient (Wildman–Crippen LogP) is 2.21. The van der Waals surface area contributed by atoms with Crippen LogP contribution < -0.4 is 10.6 Å². The summed E-state index contributed by atoms with van der Waals surface area (Å²) in [6.07, 6.45) is 2.12. The van der Waals surface area contributed by atoms with Crippen LogP contribution in [0.1, 0.15) is 0 Å². The molecule has 0 atom stereocenters. The van der Waals surface area contributed by atoms with Gasteiger partial charge in [-0.25, -0.2) is 0 Å². The minimum Gasteiger partial charge on any atom is -0.366 e. The van der Waals surface area contributed by atoms with Crippen LogP contribution in [0.25, 0.3) is 0 Å². The maximum atomic E-state index is 5.21. The third-order valence-corrected chi connectivity index (χ3v) is 4.32. The van der Waals surface area contributed by atoms with Crippen LogP contribution in [0.15, 0.2) is 0 Å². The molecule has 0 aromatic heterocycles. The maximum Gasteiger partial charge on any atom is 0.165 e. The number of rotatable bonds is 4. The molecule has 0 heterocycles. The molecule has 0 bridgehead atoms. The highest BCUT2D eigenvalue weighted by Crippen LogP contribution is 1.98. The van der Waals surface area contributed by atoms with Crippen LogP contribution in [-0.4, -0.2) is 33.6 Å². The molecule has 5 heteroatoms. The lowest BCUT2D eigenvalue weighted by atomic mass is 11.0. The van der Waals surface area contributed by atoms with Crippen LogP contribution in [-0.2, 0) is 0 Å². The van der Waals surface area contributed by atoms with E-state index < -0.39 is 16.1 Å². The Kier molecular flexibility index (Phi) is 5.32. The number of hydrogen-bond donors (Lipinski definition) is 2. The fraction of sp³-hybridized carbons (Fsp3) is 0.889. The monoisotopic (exact) mass is 248 g/mol. The average molecular weight is 249 g/mol. The molecule has 0 unspecified atom stereocenters. The van der Waals surface area contributed by atoms with E-state index in [-0.39, 0.29) is 0 Å². The highest BCUT2D eigenvalue weighted by molar-refractivity contribution is 7.80. The smallest absolute Gasteiger partial charge is 0.165 e. The summed E-state index contributed by atoms with van der Waals surface area (Å²) >= 11 is 5.21. The summed E-state index contributed by atoms with van der Waals surface area (Å²) in [5, 5.41) is 7.43. The van der Waals surface area contributed by atoms with Crippen molar-refractivity contribution in [2.75, 3.05) is 12.3 Å². The second-order valence-electron chi connectivity index (χ2n) is 6.16. The molecule has 84 valence electrons. The lowest BCUT2D eigenvalue weighted by molar-refractivity contribution is 0.977. The standard InChI is InChI=1S/C9H24N2SSi2/c1-13(2,3)7-10-9(12)11-8-14(4,5)6/h7-8H2,1-6H3,(H2,10,11,12). The van der Waals surface area contributed by atoms with E-state index in [0.29, 0.717) is 0 Å². The van der Waals surface area contributed by atoms with Crippen molar-refractivity contribution >= 4 is 33.5 Å². The van der Waals surface area contributed by atoms with Crippen LogP contribution in [0, 0.1) is 0 Å². The van der Waals surface area contributed by atoms with Gasteiger partial charge in [0.1, 0.15) is 0 Å². The minimum absolute atomic E-state index is 0.829. The van der Waals surface area contributed by atoms with Gasteiger partial charge in [-0.1, -0.05) is 39.3 Å². The second kappa shape index (κ2) is 5.27. The van der Waals surface area contributed by atoms with Crippen LogP contribution >= 0.6 is 12.2 Å². The molecule has 0 saturated carbocycles. The fourth-order valence-electron chi connectivity index (χ4n) is 0.753. The predicted molar refractivity (Wildman–Crippen MR) is 75.3 cm³/mol. The molecule has 0 spiro atoms. The zero-order valence-corrected chi connectivity index (χ0v) is 13.1. The van der Waals surface area contributed by atoms with Gasteiger partial charge in [0.25, 0.3) is 0 Å². The molecule has 0 amide bonds. The van der Waals surface area contributed by atoms with Crippen molar-refractivity contribution in [3.63, 3.8) is 0 Å². The summed E-state index contributed by atoms with van der Waals surface area (Å²) in [5.41, 5.74) is 0. The molecule has 0 saturated heterocycles. The summed E-state index contributed by atoms with van der Waals surface area (Å²) in [5.74, 6) is 0. The summed E-state index contributed by atoms with van der Waals surface area (Å²) in [4.78, 5) is 0. The highest BCUT2D eigenvalue weighted by atomic mass is 32.1. The van der Waals surface area contributed by atoms with Gasteiger partial charge in [0, 0.05) is 12.3 Å². The maximum absolute atomic E-state index is 5.21. The first kappa shape index (κ1) is 14.1. The average Bonchev–Trinajstić information content (AvgIpc) is 1.94. The first-order valence-electron chi connectivity index (χ1n) is 5.12. The summed E-state index contributed by atoms with van der Waals surface area (Å²) < 4.78 is 0. The summed E-state index contributed by atoms with van der Waals surface area (Å²) in [6, 6.07) is 0. The molecule has 14 heavy (non-hydrogen) atoms. The molecule has 0 aliphatic carbocycles. The Morgan fingerprint density at radius 1 is 0.857 bits per heavy atom. The van der Waals surface area contributed by atoms with Gasteiger partial charge in [-0.2, -0.15) is 0 Å². The fourth-order valence-corrected chi connectivity index (χ4v) is 2.57. The van der Waals surface area contributed by atoms with Crippen molar-refractivity contribution in [2.45, 2.75) is 39.3 Å². The molecular formula is C9H24N2SSi2. The number of hydrogen-bond acceptors (Lipinski definition) is 1. The van der Waals surface area contributed by atoms with Gasteiger partial charge in [0.15, 0.2) is 5.11 Å². The first-order chi connectivity index (χ1) is 6.10. The zero-order valence-electron chi connectivity index (χ0n) is 10.3. The lowest BCUT2D eigenvalue weighted by Gasteiger charge is -2.21. The van der Waals surface area contributed by atoms with Gasteiger partial charge in [0.2, 0.25) is 0 Å². The molecule has 0 rings (SSSR count). The zero-order chi connectivity index (χ0) is 11.4. The van der Waals surface area contributed by atoms with Gasteiger partial charge >= 0.3 is 0 Å². The Balaban J connectivity index is 3.68. The van der Waals surface area contributed by atoms with E-state index in [9.17, 15) is 0 Å². The van der Waals surface area contributed by atoms with E-state index in [1.165, 1.54) is 0 Å². The minimum atomic E-state index is -1.02. The Hall–Kier alpha value is 0.124. The largest absolute Gasteiger partial charge is 0.366 e. The van der Waals surface area contributed by atoms with Gasteiger partial charge in [-0.05, 0) is 12.2 Å². The van der Waals surface area contributed by atoms with E-state index >= 15 is 0 Å². The van der Waals surface area contributed by atoms with Crippen molar-refractivity contribution in [1.29, 1.82) is 0 Å². The third-order valence-electron chi connectivity index (χ3n) is 1.56. The summed E-state index contributed by atoms with van der Waals surface area (Å²) in [7, 11) is -2.04. The van der Waals surface area contributed by atoms with E-state index in [4.69, 9.17) is 12.2 Å². The van der Waals surface area contributed by atoms with Crippen LogP contribution in [0.5, 0.6) is 0 Å². The van der Waals surface area contributed by atoms with E-state index in [1.54, 1.807) is 0 Å². The molecule has 0 aromatic carbocycles. The Morgan fingerprint density at radius 2 is 1.14 bits per heavy atom. The van der Waals surface area contributed by atoms with Crippen molar-refractivity contribution in [1.82, 2.24) is 10.6 Å². The van der Waals surface area contributed by atoms with Crippen molar-refractivity contribution in [2.24, 2.45) is 0 Å². The second-order valence-corrected chi connectivity index (χ2v) is 17.5. The Bertz CT molecular complexity index is 174. The molecule has 0 aliphatic heterocycles. The molecule has 2 N–H and O–H groups in total. The number of nitrogens with one attached hydrogen (secondary N) is 2. The molecule has 0 aromatic rings.